The van der Waals surface area contributed by atoms with Gasteiger partial charge in [0.15, 0.2) is 5.13 Å². The van der Waals surface area contributed by atoms with E-state index in [0.29, 0.717) is 0 Å². The first kappa shape index (κ1) is 17.8. The van der Waals surface area contributed by atoms with Gasteiger partial charge < -0.3 is 10.3 Å². The van der Waals surface area contributed by atoms with Gasteiger partial charge in [-0.1, -0.05) is 12.1 Å². The second kappa shape index (κ2) is 7.64. The van der Waals surface area contributed by atoms with Crippen LogP contribution in [0.3, 0.4) is 0 Å². The fourth-order valence-electron chi connectivity index (χ4n) is 4.26. The van der Waals surface area contributed by atoms with E-state index in [-0.39, 0.29) is 11.8 Å². The van der Waals surface area contributed by atoms with Gasteiger partial charge in [-0.05, 0) is 63.7 Å². The summed E-state index contributed by atoms with van der Waals surface area (Å²) in [5.74, 6) is 1.21. The first-order valence-electron chi connectivity index (χ1n) is 10.2. The Hall–Kier alpha value is -2.25. The smallest absolute Gasteiger partial charge is 0.229 e. The Balaban J connectivity index is 1.15. The zero-order valence-electron chi connectivity index (χ0n) is 15.9. The van der Waals surface area contributed by atoms with Crippen molar-refractivity contribution in [3.8, 4) is 0 Å². The second-order valence-corrected chi connectivity index (χ2v) is 8.92. The van der Waals surface area contributed by atoms with Crippen molar-refractivity contribution in [1.82, 2.24) is 19.9 Å². The van der Waals surface area contributed by atoms with Crippen LogP contribution < -0.4 is 5.32 Å². The number of nitrogens with one attached hydrogen (secondary N) is 2. The number of amides is 1. The number of likely N-dealkylation sites (tertiary alicyclic amines) is 1. The van der Waals surface area contributed by atoms with Crippen molar-refractivity contribution < 1.29 is 4.79 Å². The van der Waals surface area contributed by atoms with E-state index in [4.69, 9.17) is 0 Å². The molecule has 7 heteroatoms. The quantitative estimate of drug-likeness (QED) is 0.706. The molecule has 0 saturated carbocycles. The summed E-state index contributed by atoms with van der Waals surface area (Å²) in [5, 5.41) is 3.88. The molecule has 3 heterocycles. The van der Waals surface area contributed by atoms with Crippen molar-refractivity contribution in [1.29, 1.82) is 0 Å². The number of imidazole rings is 1. The Kier molecular flexibility index (Phi) is 4.86. The number of aryl methyl sites for hydroxylation is 2. The highest BCUT2D eigenvalue weighted by Crippen LogP contribution is 2.30. The van der Waals surface area contributed by atoms with Crippen LogP contribution in [0.25, 0.3) is 11.0 Å². The van der Waals surface area contributed by atoms with Crippen LogP contribution in [0.5, 0.6) is 0 Å². The third-order valence-electron chi connectivity index (χ3n) is 5.85. The number of fused-ring (bicyclic) bond motifs is 2. The fraction of sp³-hybridized carbons (Fsp3) is 0.476. The number of aromatic amines is 1. The van der Waals surface area contributed by atoms with Crippen LogP contribution in [0.4, 0.5) is 5.13 Å². The molecule has 1 fully saturated rings. The minimum Gasteiger partial charge on any atom is -0.341 e. The summed E-state index contributed by atoms with van der Waals surface area (Å²) in [6.07, 6.45) is 6.40. The zero-order valence-corrected chi connectivity index (χ0v) is 16.7. The Morgan fingerprint density at radius 1 is 1.18 bits per heavy atom. The van der Waals surface area contributed by atoms with Gasteiger partial charge in [-0.15, -0.1) is 11.3 Å². The summed E-state index contributed by atoms with van der Waals surface area (Å²) in [6, 6.07) is 8.12. The number of carbonyl (C=O) groups excluding carboxylic acids is 1. The first-order valence-corrected chi connectivity index (χ1v) is 11.0. The SMILES string of the molecule is O=C(Nc1nc2c(s1)CCCC2)C1CCN(Cc2nc3ccccc3[nH]2)CC1. The van der Waals surface area contributed by atoms with Crippen LogP contribution in [-0.2, 0) is 24.2 Å². The second-order valence-electron chi connectivity index (χ2n) is 7.84. The summed E-state index contributed by atoms with van der Waals surface area (Å²) in [7, 11) is 0. The molecule has 1 amide bonds. The van der Waals surface area contributed by atoms with Gasteiger partial charge in [0.1, 0.15) is 5.82 Å². The van der Waals surface area contributed by atoms with Crippen molar-refractivity contribution in [2.75, 3.05) is 18.4 Å². The lowest BCUT2D eigenvalue weighted by atomic mass is 9.96. The Bertz CT molecular complexity index is 929. The van der Waals surface area contributed by atoms with E-state index >= 15 is 0 Å². The number of benzene rings is 1. The Morgan fingerprint density at radius 2 is 2.00 bits per heavy atom. The van der Waals surface area contributed by atoms with Crippen molar-refractivity contribution in [2.45, 2.75) is 45.1 Å². The predicted octanol–water partition coefficient (Wildman–Crippen LogP) is 3.75. The van der Waals surface area contributed by atoms with E-state index in [1.165, 1.54) is 23.4 Å². The van der Waals surface area contributed by atoms with Crippen molar-refractivity contribution in [3.05, 3.63) is 40.7 Å². The topological polar surface area (TPSA) is 73.9 Å². The molecule has 6 nitrogen and oxygen atoms in total. The molecule has 2 aromatic heterocycles. The molecule has 0 radical (unpaired) electrons. The molecule has 0 atom stereocenters. The summed E-state index contributed by atoms with van der Waals surface area (Å²) >= 11 is 1.67. The van der Waals surface area contributed by atoms with Crippen molar-refractivity contribution >= 4 is 33.4 Å². The van der Waals surface area contributed by atoms with Crippen LogP contribution in [0.2, 0.25) is 0 Å². The standard InChI is InChI=1S/C21H25N5OS/c27-20(25-21-24-17-7-3-4-8-18(17)28-21)14-9-11-26(12-10-14)13-19-22-15-5-1-2-6-16(15)23-19/h1-2,5-6,14H,3-4,7-13H2,(H,22,23)(H,24,25,27). The average Bonchev–Trinajstić information content (AvgIpc) is 3.31. The van der Waals surface area contributed by atoms with Crippen molar-refractivity contribution in [2.24, 2.45) is 5.92 Å². The number of hydrogen-bond donors (Lipinski definition) is 2. The van der Waals surface area contributed by atoms with Gasteiger partial charge in [0.2, 0.25) is 5.91 Å². The van der Waals surface area contributed by atoms with Gasteiger partial charge in [-0.3, -0.25) is 9.69 Å². The molecule has 1 aromatic carbocycles. The Morgan fingerprint density at radius 3 is 2.82 bits per heavy atom. The molecule has 1 aliphatic carbocycles. The number of aromatic nitrogens is 3. The first-order chi connectivity index (χ1) is 13.7. The normalized spacial score (nSPS) is 18.3. The third-order valence-corrected chi connectivity index (χ3v) is 6.92. The number of anilines is 1. The molecule has 28 heavy (non-hydrogen) atoms. The number of thiazole rings is 1. The molecule has 0 unspecified atom stereocenters. The number of H-pyrrole nitrogens is 1. The van der Waals surface area contributed by atoms with Gasteiger partial charge in [0.05, 0.1) is 23.3 Å². The largest absolute Gasteiger partial charge is 0.341 e. The average molecular weight is 396 g/mol. The molecule has 1 aliphatic heterocycles. The van der Waals surface area contributed by atoms with E-state index in [9.17, 15) is 4.79 Å². The maximum atomic E-state index is 12.7. The molecular weight excluding hydrogens is 370 g/mol. The summed E-state index contributed by atoms with van der Waals surface area (Å²) in [6.45, 7) is 2.65. The monoisotopic (exact) mass is 395 g/mol. The van der Waals surface area contributed by atoms with Crippen LogP contribution >= 0.6 is 11.3 Å². The van der Waals surface area contributed by atoms with Gasteiger partial charge in [0.25, 0.3) is 0 Å². The highest BCUT2D eigenvalue weighted by Gasteiger charge is 2.26. The third kappa shape index (κ3) is 3.69. The number of nitrogens with zero attached hydrogens (tertiary/aromatic N) is 3. The van der Waals surface area contributed by atoms with E-state index in [0.717, 1.165) is 67.3 Å². The molecule has 0 spiro atoms. The number of rotatable bonds is 4. The van der Waals surface area contributed by atoms with Crippen LogP contribution in [-0.4, -0.2) is 38.8 Å². The lowest BCUT2D eigenvalue weighted by Crippen LogP contribution is -2.38. The Labute approximate surface area is 168 Å². The molecule has 1 saturated heterocycles. The maximum absolute atomic E-state index is 12.7. The summed E-state index contributed by atoms with van der Waals surface area (Å²) in [4.78, 5) is 29.1. The maximum Gasteiger partial charge on any atom is 0.229 e. The summed E-state index contributed by atoms with van der Waals surface area (Å²) < 4.78 is 0. The molecule has 146 valence electrons. The van der Waals surface area contributed by atoms with Crippen molar-refractivity contribution in [3.63, 3.8) is 0 Å². The number of piperidine rings is 1. The minimum atomic E-state index is 0.0767. The minimum absolute atomic E-state index is 0.0767. The van der Waals surface area contributed by atoms with Gasteiger partial charge >= 0.3 is 0 Å². The molecular formula is C21H25N5OS. The lowest BCUT2D eigenvalue weighted by Gasteiger charge is -2.30. The summed E-state index contributed by atoms with van der Waals surface area (Å²) in [5.41, 5.74) is 3.29. The van der Waals surface area contributed by atoms with Gasteiger partial charge in [-0.25, -0.2) is 9.97 Å². The highest BCUT2D eigenvalue weighted by atomic mass is 32.1. The zero-order chi connectivity index (χ0) is 18.9. The predicted molar refractivity (Wildman–Crippen MR) is 111 cm³/mol. The fourth-order valence-corrected chi connectivity index (χ4v) is 5.31. The van der Waals surface area contributed by atoms with Crippen LogP contribution in [0, 0.1) is 5.92 Å². The van der Waals surface area contributed by atoms with Gasteiger partial charge in [0, 0.05) is 10.8 Å². The van der Waals surface area contributed by atoms with Crippen LogP contribution in [0.15, 0.2) is 24.3 Å². The molecule has 5 rings (SSSR count). The lowest BCUT2D eigenvalue weighted by molar-refractivity contribution is -0.121. The molecule has 3 aromatic rings. The van der Waals surface area contributed by atoms with E-state index in [1.54, 1.807) is 11.3 Å². The van der Waals surface area contributed by atoms with E-state index < -0.39 is 0 Å². The van der Waals surface area contributed by atoms with Crippen LogP contribution in [0.1, 0.15) is 42.1 Å². The number of para-hydroxylation sites is 2. The molecule has 2 aliphatic rings. The van der Waals surface area contributed by atoms with Gasteiger partial charge in [-0.2, -0.15) is 0 Å². The number of carbonyl (C=O) groups is 1. The number of hydrogen-bond acceptors (Lipinski definition) is 5. The highest BCUT2D eigenvalue weighted by molar-refractivity contribution is 7.15. The molecule has 2 N–H and O–H groups in total. The molecule has 0 bridgehead atoms. The van der Waals surface area contributed by atoms with E-state index in [2.05, 4.69) is 31.2 Å². The van der Waals surface area contributed by atoms with E-state index in [1.807, 2.05) is 18.2 Å².